The van der Waals surface area contributed by atoms with Crippen LogP contribution < -0.4 is 5.32 Å². The summed E-state index contributed by atoms with van der Waals surface area (Å²) in [5, 5.41) is 3.08. The monoisotopic (exact) mass is 243 g/mol. The molecule has 2 fully saturated rings. The first-order valence-corrected chi connectivity index (χ1v) is 7.16. The fourth-order valence-electron chi connectivity index (χ4n) is 3.62. The number of carbonyl (C=O) groups is 1. The molecule has 1 N–H and O–H groups in total. The Morgan fingerprint density at radius 3 is 2.56 bits per heavy atom. The van der Waals surface area contributed by atoms with Crippen molar-refractivity contribution in [2.75, 3.05) is 5.32 Å². The Kier molecular flexibility index (Phi) is 3.11. The number of rotatable bonds is 3. The first-order valence-electron chi connectivity index (χ1n) is 7.16. The van der Waals surface area contributed by atoms with Gasteiger partial charge < -0.3 is 5.32 Å². The number of hydrogen-bond donors (Lipinski definition) is 1. The largest absolute Gasteiger partial charge is 0.326 e. The van der Waals surface area contributed by atoms with Gasteiger partial charge in [0.1, 0.15) is 0 Å². The average molecular weight is 243 g/mol. The van der Waals surface area contributed by atoms with Gasteiger partial charge in [0, 0.05) is 11.6 Å². The molecule has 0 unspecified atom stereocenters. The highest BCUT2D eigenvalue weighted by atomic mass is 16.1. The smallest absolute Gasteiger partial charge is 0.227 e. The second-order valence-corrected chi connectivity index (χ2v) is 5.82. The van der Waals surface area contributed by atoms with E-state index in [0.29, 0.717) is 5.92 Å². The van der Waals surface area contributed by atoms with E-state index in [1.807, 2.05) is 12.1 Å². The molecule has 2 aliphatic carbocycles. The third kappa shape index (κ3) is 2.16. The van der Waals surface area contributed by atoms with Gasteiger partial charge in [-0.25, -0.2) is 0 Å². The molecule has 0 heterocycles. The lowest BCUT2D eigenvalue weighted by molar-refractivity contribution is -0.121. The molecule has 0 spiro atoms. The molecule has 1 aromatic rings. The van der Waals surface area contributed by atoms with Gasteiger partial charge in [-0.3, -0.25) is 4.79 Å². The molecule has 18 heavy (non-hydrogen) atoms. The van der Waals surface area contributed by atoms with E-state index in [2.05, 4.69) is 24.4 Å². The average Bonchev–Trinajstić information content (AvgIpc) is 3.02. The van der Waals surface area contributed by atoms with Crippen LogP contribution in [0.3, 0.4) is 0 Å². The molecule has 2 aliphatic rings. The Bertz CT molecular complexity index is 437. The molecule has 0 aliphatic heterocycles. The van der Waals surface area contributed by atoms with Crippen molar-refractivity contribution in [1.29, 1.82) is 0 Å². The maximum Gasteiger partial charge on any atom is 0.227 e. The first kappa shape index (κ1) is 11.8. The standard InChI is InChI=1S/C16H21NO/c1-2-11-4-7-14(8-5-11)17-16(18)15-10-12-3-6-13(15)9-12/h4-5,7-8,12-13,15H,2-3,6,9-10H2,1H3,(H,17,18)/t12-,13-,15+/m1/s1. The minimum absolute atomic E-state index is 0.242. The zero-order chi connectivity index (χ0) is 12.5. The summed E-state index contributed by atoms with van der Waals surface area (Å²) in [6.45, 7) is 2.14. The fourth-order valence-corrected chi connectivity index (χ4v) is 3.62. The maximum absolute atomic E-state index is 12.2. The van der Waals surface area contributed by atoms with Gasteiger partial charge in [0.05, 0.1) is 0 Å². The summed E-state index contributed by atoms with van der Waals surface area (Å²) in [7, 11) is 0. The highest BCUT2D eigenvalue weighted by Crippen LogP contribution is 2.48. The van der Waals surface area contributed by atoms with Crippen LogP contribution in [0.1, 0.15) is 38.2 Å². The summed E-state index contributed by atoms with van der Waals surface area (Å²) in [6, 6.07) is 8.22. The molecular formula is C16H21NO. The van der Waals surface area contributed by atoms with E-state index < -0.39 is 0 Å². The summed E-state index contributed by atoms with van der Waals surface area (Å²) in [5.74, 6) is 2.00. The molecule has 2 nitrogen and oxygen atoms in total. The Balaban J connectivity index is 1.63. The molecule has 96 valence electrons. The lowest BCUT2D eigenvalue weighted by Gasteiger charge is -2.20. The summed E-state index contributed by atoms with van der Waals surface area (Å²) in [5.41, 5.74) is 2.26. The molecule has 3 atom stereocenters. The molecule has 2 heteroatoms. The minimum Gasteiger partial charge on any atom is -0.326 e. The van der Waals surface area contributed by atoms with E-state index >= 15 is 0 Å². The van der Waals surface area contributed by atoms with Crippen LogP contribution in [0.2, 0.25) is 0 Å². The van der Waals surface area contributed by atoms with Gasteiger partial charge in [0.15, 0.2) is 0 Å². The number of benzene rings is 1. The number of amides is 1. The van der Waals surface area contributed by atoms with Crippen molar-refractivity contribution < 1.29 is 4.79 Å². The normalized spacial score (nSPS) is 29.5. The van der Waals surface area contributed by atoms with Gasteiger partial charge in [-0.05, 0) is 55.2 Å². The fraction of sp³-hybridized carbons (Fsp3) is 0.562. The van der Waals surface area contributed by atoms with Crippen LogP contribution in [0.25, 0.3) is 0 Å². The second kappa shape index (κ2) is 4.75. The van der Waals surface area contributed by atoms with Crippen molar-refractivity contribution in [1.82, 2.24) is 0 Å². The van der Waals surface area contributed by atoms with Crippen LogP contribution in [0.15, 0.2) is 24.3 Å². The van der Waals surface area contributed by atoms with Crippen LogP contribution in [-0.2, 0) is 11.2 Å². The van der Waals surface area contributed by atoms with Gasteiger partial charge in [0.2, 0.25) is 5.91 Å². The second-order valence-electron chi connectivity index (χ2n) is 5.82. The summed E-state index contributed by atoms with van der Waals surface area (Å²) in [4.78, 5) is 12.2. The Labute approximate surface area is 109 Å². The van der Waals surface area contributed by atoms with Crippen LogP contribution in [0.4, 0.5) is 5.69 Å². The van der Waals surface area contributed by atoms with Crippen molar-refractivity contribution in [3.05, 3.63) is 29.8 Å². The third-order valence-electron chi connectivity index (χ3n) is 4.70. The predicted octanol–water partition coefficient (Wildman–Crippen LogP) is 3.62. The van der Waals surface area contributed by atoms with Crippen LogP contribution in [0.5, 0.6) is 0 Å². The summed E-state index contributed by atoms with van der Waals surface area (Å²) < 4.78 is 0. The van der Waals surface area contributed by atoms with E-state index in [9.17, 15) is 4.79 Å². The van der Waals surface area contributed by atoms with E-state index in [0.717, 1.165) is 24.4 Å². The highest BCUT2D eigenvalue weighted by Gasteiger charge is 2.42. The van der Waals surface area contributed by atoms with Gasteiger partial charge in [0.25, 0.3) is 0 Å². The minimum atomic E-state index is 0.242. The SMILES string of the molecule is CCc1ccc(NC(=O)[C@H]2C[C@@H]3CC[C@@H]2C3)cc1. The zero-order valence-corrected chi connectivity index (χ0v) is 11.0. The van der Waals surface area contributed by atoms with Gasteiger partial charge in [-0.2, -0.15) is 0 Å². The Morgan fingerprint density at radius 1 is 1.22 bits per heavy atom. The van der Waals surface area contributed by atoms with E-state index in [4.69, 9.17) is 0 Å². The Morgan fingerprint density at radius 2 is 2.00 bits per heavy atom. The molecule has 2 saturated carbocycles. The van der Waals surface area contributed by atoms with Gasteiger partial charge in [-0.1, -0.05) is 25.5 Å². The van der Waals surface area contributed by atoms with Crippen LogP contribution >= 0.6 is 0 Å². The number of hydrogen-bond acceptors (Lipinski definition) is 1. The maximum atomic E-state index is 12.2. The quantitative estimate of drug-likeness (QED) is 0.863. The number of anilines is 1. The molecular weight excluding hydrogens is 222 g/mol. The van der Waals surface area contributed by atoms with Crippen molar-refractivity contribution in [2.24, 2.45) is 17.8 Å². The van der Waals surface area contributed by atoms with Crippen molar-refractivity contribution in [3.8, 4) is 0 Å². The Hall–Kier alpha value is -1.31. The molecule has 0 aromatic heterocycles. The van der Waals surface area contributed by atoms with Gasteiger partial charge in [-0.15, -0.1) is 0 Å². The molecule has 3 rings (SSSR count). The topological polar surface area (TPSA) is 29.1 Å². The molecule has 0 saturated heterocycles. The van der Waals surface area contributed by atoms with Crippen LogP contribution in [-0.4, -0.2) is 5.91 Å². The number of carbonyl (C=O) groups excluding carboxylic acids is 1. The lowest BCUT2D eigenvalue weighted by Crippen LogP contribution is -2.27. The number of nitrogens with one attached hydrogen (secondary N) is 1. The summed E-state index contributed by atoms with van der Waals surface area (Å²) in [6.07, 6.45) is 6.05. The molecule has 0 radical (unpaired) electrons. The van der Waals surface area contributed by atoms with E-state index in [1.165, 1.54) is 24.8 Å². The zero-order valence-electron chi connectivity index (χ0n) is 11.0. The van der Waals surface area contributed by atoms with Crippen molar-refractivity contribution in [3.63, 3.8) is 0 Å². The number of aryl methyl sites for hydroxylation is 1. The third-order valence-corrected chi connectivity index (χ3v) is 4.70. The van der Waals surface area contributed by atoms with Crippen molar-refractivity contribution in [2.45, 2.75) is 39.0 Å². The van der Waals surface area contributed by atoms with Gasteiger partial charge >= 0.3 is 0 Å². The predicted molar refractivity (Wildman–Crippen MR) is 73.4 cm³/mol. The van der Waals surface area contributed by atoms with Crippen molar-refractivity contribution >= 4 is 11.6 Å². The van der Waals surface area contributed by atoms with Crippen LogP contribution in [0, 0.1) is 17.8 Å². The molecule has 1 amide bonds. The molecule has 1 aromatic carbocycles. The summed E-state index contributed by atoms with van der Waals surface area (Å²) >= 11 is 0. The molecule has 2 bridgehead atoms. The lowest BCUT2D eigenvalue weighted by atomic mass is 9.88. The number of fused-ring (bicyclic) bond motifs is 2. The van der Waals surface area contributed by atoms with E-state index in [1.54, 1.807) is 0 Å². The van der Waals surface area contributed by atoms with E-state index in [-0.39, 0.29) is 11.8 Å². The highest BCUT2D eigenvalue weighted by molar-refractivity contribution is 5.93. The first-order chi connectivity index (χ1) is 8.76.